The lowest BCUT2D eigenvalue weighted by molar-refractivity contribution is -0.282. The zero-order chi connectivity index (χ0) is 45.7. The van der Waals surface area contributed by atoms with Crippen LogP contribution in [0.5, 0.6) is 0 Å². The number of nitrogens with zero attached hydrogens (tertiary/aromatic N) is 9. The lowest BCUT2D eigenvalue weighted by atomic mass is 10.1. The van der Waals surface area contributed by atoms with Crippen molar-refractivity contribution in [2.75, 3.05) is 106 Å². The van der Waals surface area contributed by atoms with Crippen molar-refractivity contribution < 1.29 is 32.1 Å². The molecule has 2 aliphatic heterocycles. The van der Waals surface area contributed by atoms with Gasteiger partial charge in [0.15, 0.2) is 17.3 Å². The number of nitrogens with one attached hydrogen (secondary N) is 1. The topological polar surface area (TPSA) is 244 Å². The number of nitrogens with two attached hydrogens (primary N) is 2. The van der Waals surface area contributed by atoms with Gasteiger partial charge in [0, 0.05) is 137 Å². The van der Waals surface area contributed by atoms with E-state index in [0.717, 1.165) is 41.2 Å². The van der Waals surface area contributed by atoms with Crippen molar-refractivity contribution in [3.05, 3.63) is 55.1 Å². The van der Waals surface area contributed by atoms with Gasteiger partial charge in [-0.15, -0.1) is 0 Å². The van der Waals surface area contributed by atoms with E-state index in [9.17, 15) is 8.42 Å². The van der Waals surface area contributed by atoms with Crippen molar-refractivity contribution in [2.45, 2.75) is 60.6 Å². The maximum absolute atomic E-state index is 12.3. The molecule has 0 saturated carbocycles. The normalized spacial score (nSPS) is 16.6. The van der Waals surface area contributed by atoms with E-state index < -0.39 is 25.9 Å². The number of aromatic amines is 1. The van der Waals surface area contributed by atoms with Gasteiger partial charge in [0.2, 0.25) is 0 Å². The van der Waals surface area contributed by atoms with Gasteiger partial charge in [-0.2, -0.15) is 8.73 Å². The van der Waals surface area contributed by atoms with E-state index in [1.807, 2.05) is 51.1 Å². The van der Waals surface area contributed by atoms with Gasteiger partial charge in [-0.25, -0.2) is 33.3 Å². The second-order valence-corrected chi connectivity index (χ2v) is 20.3. The quantitative estimate of drug-likeness (QED) is 0.113. The summed E-state index contributed by atoms with van der Waals surface area (Å²) in [5.41, 5.74) is 18.6. The maximum Gasteiger partial charge on any atom is 0.271 e. The Morgan fingerprint density at radius 1 is 0.750 bits per heavy atom. The van der Waals surface area contributed by atoms with E-state index in [0.29, 0.717) is 80.5 Å². The van der Waals surface area contributed by atoms with Crippen molar-refractivity contribution in [1.82, 2.24) is 29.9 Å². The van der Waals surface area contributed by atoms with Crippen molar-refractivity contribution in [3.8, 4) is 22.5 Å². The van der Waals surface area contributed by atoms with Crippen LogP contribution in [0, 0.1) is 0 Å². The predicted octanol–water partition coefficient (Wildman–Crippen LogP) is 6.51. The third-order valence-corrected chi connectivity index (χ3v) is 10.7. The Morgan fingerprint density at radius 3 is 1.69 bits per heavy atom. The summed E-state index contributed by atoms with van der Waals surface area (Å²) >= 11 is 0. The molecular weight excluding hydrogens is 861 g/mol. The lowest BCUT2D eigenvalue weighted by Crippen LogP contribution is -2.43. The summed E-state index contributed by atoms with van der Waals surface area (Å²) in [6.07, 6.45) is 11.3. The molecule has 0 radical (unpaired) electrons. The van der Waals surface area contributed by atoms with Gasteiger partial charge >= 0.3 is 0 Å². The first-order valence-corrected chi connectivity index (χ1v) is 25.4. The minimum atomic E-state index is -2.35. The highest BCUT2D eigenvalue weighted by atomic mass is 32.2. The molecule has 5 aromatic rings. The molecule has 0 spiro atoms. The highest BCUT2D eigenvalue weighted by molar-refractivity contribution is 7.92. The van der Waals surface area contributed by atoms with Crippen molar-refractivity contribution >= 4 is 65.1 Å². The van der Waals surface area contributed by atoms with Gasteiger partial charge in [-0.05, 0) is 58.9 Å². The molecular formula is C43H66N12O7S2. The van der Waals surface area contributed by atoms with Gasteiger partial charge in [0.05, 0.1) is 55.3 Å². The Balaban J connectivity index is 0.000000230. The fourth-order valence-electron chi connectivity index (χ4n) is 6.70. The number of hydrogen-bond acceptors (Lipinski definition) is 18. The fraction of sp³-hybridized carbons (Fsp3) is 0.512. The van der Waals surface area contributed by atoms with Gasteiger partial charge < -0.3 is 49.9 Å². The van der Waals surface area contributed by atoms with Gasteiger partial charge in [-0.3, -0.25) is 0 Å². The Hall–Kier alpha value is -5.03. The number of rotatable bonds is 12. The Kier molecular flexibility index (Phi) is 19.2. The van der Waals surface area contributed by atoms with Crippen LogP contribution in [-0.4, -0.2) is 141 Å². The predicted molar refractivity (Wildman–Crippen MR) is 258 cm³/mol. The largest absolute Gasteiger partial charge is 0.395 e. The number of anilines is 4. The molecule has 2 aliphatic rings. The zero-order valence-electron chi connectivity index (χ0n) is 37.6. The summed E-state index contributed by atoms with van der Waals surface area (Å²) in [5, 5.41) is 0. The summed E-state index contributed by atoms with van der Waals surface area (Å²) < 4.78 is 59.4. The number of imidazole rings is 1. The molecule has 64 heavy (non-hydrogen) atoms. The van der Waals surface area contributed by atoms with E-state index in [1.165, 1.54) is 0 Å². The third kappa shape index (κ3) is 14.8. The average molecular weight is 927 g/mol. The van der Waals surface area contributed by atoms with E-state index in [2.05, 4.69) is 62.3 Å². The molecule has 0 bridgehead atoms. The van der Waals surface area contributed by atoms with E-state index in [1.54, 1.807) is 49.8 Å². The van der Waals surface area contributed by atoms with E-state index in [-0.39, 0.29) is 25.3 Å². The Labute approximate surface area is 378 Å². The van der Waals surface area contributed by atoms with Gasteiger partial charge in [0.1, 0.15) is 5.82 Å². The lowest BCUT2D eigenvalue weighted by Gasteiger charge is -2.35. The molecule has 0 unspecified atom stereocenters. The number of hydrogen-bond donors (Lipinski definition) is 3. The molecule has 0 aromatic carbocycles. The third-order valence-electron chi connectivity index (χ3n) is 9.43. The van der Waals surface area contributed by atoms with Crippen LogP contribution in [0.3, 0.4) is 0 Å². The number of pyridine rings is 4. The summed E-state index contributed by atoms with van der Waals surface area (Å²) in [4.78, 5) is 29.3. The standard InChI is InChI=1S/C18H22N6O2S.C17H24N6O2S.C7H16O3.CH4/c1-12-10-26-7-6-24(12)13-8-15(22-16(9-13)23-27(2,3)25)14-4-5-19-18-17(14)20-11-21-18;1-11-10-25-7-6-23(11)12-8-14(13-4-5-20-17(19)16(13)18)21-15(9-12)22-26(2,3)24;1-4-8-7(9-5-2)10-6-3;/h4-5,8-9,11-12H,6-7,10H2,1-3H3,(H,19,20,21);4-5,8-9,11H,6-7,10,18H2,1-3H3,(H2,19,20);7H,4-6H2,1-3H3;1H4/t12-;11-;;/m11../s1. The first-order chi connectivity index (χ1) is 30.0. The molecule has 7 rings (SSSR count). The van der Waals surface area contributed by atoms with Crippen molar-refractivity contribution in [2.24, 2.45) is 8.73 Å². The second-order valence-electron chi connectivity index (χ2n) is 15.2. The van der Waals surface area contributed by atoms with Crippen LogP contribution in [0.4, 0.5) is 34.5 Å². The maximum atomic E-state index is 12.3. The first-order valence-electron chi connectivity index (χ1n) is 20.7. The van der Waals surface area contributed by atoms with Gasteiger partial charge in [-0.1, -0.05) is 7.43 Å². The monoisotopic (exact) mass is 926 g/mol. The molecule has 5 N–H and O–H groups in total. The van der Waals surface area contributed by atoms with E-state index in [4.69, 9.17) is 35.2 Å². The second kappa shape index (κ2) is 23.8. The van der Waals surface area contributed by atoms with E-state index >= 15 is 0 Å². The highest BCUT2D eigenvalue weighted by Crippen LogP contribution is 2.35. The van der Waals surface area contributed by atoms with Crippen molar-refractivity contribution in [1.29, 1.82) is 0 Å². The zero-order valence-corrected chi connectivity index (χ0v) is 39.3. The number of ether oxygens (including phenoxy) is 5. The minimum Gasteiger partial charge on any atom is -0.395 e. The van der Waals surface area contributed by atoms with Crippen molar-refractivity contribution in [3.63, 3.8) is 0 Å². The summed E-state index contributed by atoms with van der Waals surface area (Å²) in [5.74, 6) is 1.12. The van der Waals surface area contributed by atoms with Crippen LogP contribution in [0.15, 0.2) is 63.8 Å². The average Bonchev–Trinajstić information content (AvgIpc) is 3.71. The number of H-pyrrole nitrogens is 1. The first kappa shape index (κ1) is 51.6. The van der Waals surface area contributed by atoms with Crippen LogP contribution < -0.4 is 21.3 Å². The highest BCUT2D eigenvalue weighted by Gasteiger charge is 2.23. The molecule has 352 valence electrons. The molecule has 2 atom stereocenters. The van der Waals surface area contributed by atoms with Gasteiger partial charge in [0.25, 0.3) is 6.48 Å². The van der Waals surface area contributed by atoms with Crippen LogP contribution in [0.25, 0.3) is 33.7 Å². The number of nitrogen functional groups attached to an aromatic ring is 2. The number of morpholine rings is 2. The van der Waals surface area contributed by atoms with Crippen LogP contribution in [0.1, 0.15) is 42.0 Å². The summed E-state index contributed by atoms with van der Waals surface area (Å²) in [6, 6.07) is 11.8. The Morgan fingerprint density at radius 2 is 1.22 bits per heavy atom. The SMILES string of the molecule is C.CCOC(OCC)OCC.C[C@@H]1COCCN1c1cc(N=S(C)(C)=O)nc(-c2ccnc(N)c2N)c1.C[C@@H]1COCCN1c1cc(N=S(C)(C)=O)nc(-c2ccnc3nc[nH]c23)c1. The minimum absolute atomic E-state index is 0. The molecule has 19 nitrogen and oxygen atoms in total. The summed E-state index contributed by atoms with van der Waals surface area (Å²) in [7, 11) is -4.69. The smallest absolute Gasteiger partial charge is 0.271 e. The molecule has 7 heterocycles. The molecule has 5 aromatic heterocycles. The Bertz CT molecular complexity index is 2510. The summed E-state index contributed by atoms with van der Waals surface area (Å²) in [6.45, 7) is 15.5. The number of aromatic nitrogens is 6. The molecule has 21 heteroatoms. The molecule has 0 aliphatic carbocycles. The number of fused-ring (bicyclic) bond motifs is 1. The molecule has 2 saturated heterocycles. The molecule has 0 amide bonds. The van der Waals surface area contributed by atoms with Crippen LogP contribution in [-0.2, 0) is 43.1 Å². The molecule has 2 fully saturated rings. The van der Waals surface area contributed by atoms with Crippen LogP contribution in [0.2, 0.25) is 0 Å². The fourth-order valence-corrected chi connectivity index (χ4v) is 7.79. The van der Waals surface area contributed by atoms with Crippen LogP contribution >= 0.6 is 0 Å².